The number of hydrogen-bond donors (Lipinski definition) is 2. The molecule has 0 aromatic heterocycles. The molecule has 0 atom stereocenters. The van der Waals surface area contributed by atoms with Gasteiger partial charge >= 0.3 is 0 Å². The number of amides is 2. The van der Waals surface area contributed by atoms with Gasteiger partial charge in [0.1, 0.15) is 0 Å². The predicted molar refractivity (Wildman–Crippen MR) is 85.4 cm³/mol. The molecular weight excluding hydrogens is 266 g/mol. The summed E-state index contributed by atoms with van der Waals surface area (Å²) >= 11 is 0. The number of nitrogens with one attached hydrogen (secondary N) is 2. The van der Waals surface area contributed by atoms with Crippen LogP contribution in [-0.4, -0.2) is 17.5 Å². The molecule has 0 aliphatic carbocycles. The van der Waals surface area contributed by atoms with Gasteiger partial charge < -0.3 is 5.32 Å². The Balaban J connectivity index is 2.63. The number of rotatable bonds is 6. The van der Waals surface area contributed by atoms with Gasteiger partial charge in [0, 0.05) is 22.9 Å². The van der Waals surface area contributed by atoms with Gasteiger partial charge in [-0.2, -0.15) is 5.10 Å². The van der Waals surface area contributed by atoms with Gasteiger partial charge in [-0.3, -0.25) is 9.59 Å². The smallest absolute Gasteiger partial charge is 0.271 e. The highest BCUT2D eigenvalue weighted by molar-refractivity contribution is 5.96. The van der Waals surface area contributed by atoms with Crippen LogP contribution in [0.4, 0.5) is 5.69 Å². The fraction of sp³-hybridized carbons (Fsp3) is 0.438. The van der Waals surface area contributed by atoms with Gasteiger partial charge in [0.2, 0.25) is 5.91 Å². The molecule has 2 N–H and O–H groups in total. The Labute approximate surface area is 125 Å². The van der Waals surface area contributed by atoms with E-state index >= 15 is 0 Å². The first-order valence-corrected chi connectivity index (χ1v) is 7.18. The summed E-state index contributed by atoms with van der Waals surface area (Å²) in [6.07, 6.45) is 1.86. The molecule has 0 spiro atoms. The molecule has 0 fully saturated rings. The summed E-state index contributed by atoms with van der Waals surface area (Å²) in [5, 5.41) is 6.81. The summed E-state index contributed by atoms with van der Waals surface area (Å²) in [6, 6.07) is 6.74. The first kappa shape index (κ1) is 16.9. The predicted octanol–water partition coefficient (Wildman–Crippen LogP) is 3.19. The third-order valence-electron chi connectivity index (χ3n) is 2.90. The van der Waals surface area contributed by atoms with Crippen molar-refractivity contribution in [2.24, 2.45) is 11.0 Å². The molecule has 0 heterocycles. The highest BCUT2D eigenvalue weighted by atomic mass is 16.2. The monoisotopic (exact) mass is 289 g/mol. The maximum Gasteiger partial charge on any atom is 0.271 e. The van der Waals surface area contributed by atoms with Crippen LogP contribution >= 0.6 is 0 Å². The topological polar surface area (TPSA) is 70.6 Å². The highest BCUT2D eigenvalue weighted by Gasteiger charge is 2.08. The van der Waals surface area contributed by atoms with E-state index in [1.165, 1.54) is 0 Å². The Morgan fingerprint density at radius 3 is 2.33 bits per heavy atom. The zero-order valence-corrected chi connectivity index (χ0v) is 13.1. The van der Waals surface area contributed by atoms with Crippen LogP contribution < -0.4 is 10.7 Å². The first-order chi connectivity index (χ1) is 9.93. The van der Waals surface area contributed by atoms with Crippen LogP contribution in [0.1, 0.15) is 50.9 Å². The van der Waals surface area contributed by atoms with Gasteiger partial charge in [-0.25, -0.2) is 5.43 Å². The van der Waals surface area contributed by atoms with E-state index in [9.17, 15) is 9.59 Å². The van der Waals surface area contributed by atoms with Crippen molar-refractivity contribution in [1.29, 1.82) is 0 Å². The molecule has 0 saturated heterocycles. The van der Waals surface area contributed by atoms with Crippen molar-refractivity contribution in [2.75, 3.05) is 5.32 Å². The Morgan fingerprint density at radius 2 is 1.81 bits per heavy atom. The van der Waals surface area contributed by atoms with Crippen LogP contribution in [0, 0.1) is 5.92 Å². The maximum absolute atomic E-state index is 11.9. The van der Waals surface area contributed by atoms with Gasteiger partial charge in [0.15, 0.2) is 0 Å². The van der Waals surface area contributed by atoms with Crippen molar-refractivity contribution in [3.8, 4) is 0 Å². The van der Waals surface area contributed by atoms with E-state index in [0.29, 0.717) is 11.3 Å². The number of benzene rings is 1. The third-order valence-corrected chi connectivity index (χ3v) is 2.90. The molecule has 5 heteroatoms. The first-order valence-electron chi connectivity index (χ1n) is 7.18. The number of hydrazone groups is 1. The summed E-state index contributed by atoms with van der Waals surface area (Å²) in [7, 11) is 0. The fourth-order valence-corrected chi connectivity index (χ4v) is 1.62. The molecule has 0 radical (unpaired) electrons. The molecule has 0 bridgehead atoms. The zero-order valence-electron chi connectivity index (χ0n) is 13.1. The van der Waals surface area contributed by atoms with Crippen molar-refractivity contribution in [2.45, 2.75) is 40.5 Å². The van der Waals surface area contributed by atoms with E-state index in [2.05, 4.69) is 22.8 Å². The summed E-state index contributed by atoms with van der Waals surface area (Å²) in [6.45, 7) is 7.60. The van der Waals surface area contributed by atoms with E-state index in [1.807, 2.05) is 20.8 Å². The van der Waals surface area contributed by atoms with Crippen LogP contribution in [0.25, 0.3) is 0 Å². The SMILES string of the molecule is CCC/C(C)=N/NC(=O)c1ccc(NC(=O)C(C)C)cc1. The largest absolute Gasteiger partial charge is 0.326 e. The molecule has 0 aliphatic rings. The second-order valence-corrected chi connectivity index (χ2v) is 5.26. The molecule has 0 aliphatic heterocycles. The molecule has 1 aromatic carbocycles. The maximum atomic E-state index is 11.9. The molecule has 0 unspecified atom stereocenters. The minimum Gasteiger partial charge on any atom is -0.326 e. The van der Waals surface area contributed by atoms with E-state index in [1.54, 1.807) is 24.3 Å². The summed E-state index contributed by atoms with van der Waals surface area (Å²) in [5.41, 5.74) is 4.60. The Bertz CT molecular complexity index is 519. The summed E-state index contributed by atoms with van der Waals surface area (Å²) in [5.74, 6) is -0.386. The lowest BCUT2D eigenvalue weighted by Gasteiger charge is -2.08. The van der Waals surface area contributed by atoms with Crippen LogP contribution in [0.15, 0.2) is 29.4 Å². The average Bonchev–Trinajstić information content (AvgIpc) is 2.45. The quantitative estimate of drug-likeness (QED) is 0.623. The lowest BCUT2D eigenvalue weighted by atomic mass is 10.1. The minimum absolute atomic E-state index is 0.0491. The van der Waals surface area contributed by atoms with E-state index in [4.69, 9.17) is 0 Å². The molecule has 114 valence electrons. The highest BCUT2D eigenvalue weighted by Crippen LogP contribution is 2.11. The Kier molecular flexibility index (Phi) is 6.59. The van der Waals surface area contributed by atoms with Gasteiger partial charge in [-0.15, -0.1) is 0 Å². The second-order valence-electron chi connectivity index (χ2n) is 5.26. The van der Waals surface area contributed by atoms with Gasteiger partial charge in [-0.05, 0) is 37.6 Å². The molecule has 1 aromatic rings. The lowest BCUT2D eigenvalue weighted by Crippen LogP contribution is -2.20. The van der Waals surface area contributed by atoms with Crippen molar-refractivity contribution in [3.63, 3.8) is 0 Å². The summed E-state index contributed by atoms with van der Waals surface area (Å²) < 4.78 is 0. The number of hydrogen-bond acceptors (Lipinski definition) is 3. The van der Waals surface area contributed by atoms with Crippen molar-refractivity contribution in [3.05, 3.63) is 29.8 Å². The second kappa shape index (κ2) is 8.19. The lowest BCUT2D eigenvalue weighted by molar-refractivity contribution is -0.118. The number of carbonyl (C=O) groups excluding carboxylic acids is 2. The zero-order chi connectivity index (χ0) is 15.8. The minimum atomic E-state index is -0.257. The molecule has 1 rings (SSSR count). The third kappa shape index (κ3) is 5.77. The number of nitrogens with zero attached hydrogens (tertiary/aromatic N) is 1. The van der Waals surface area contributed by atoms with E-state index < -0.39 is 0 Å². The molecule has 21 heavy (non-hydrogen) atoms. The summed E-state index contributed by atoms with van der Waals surface area (Å²) in [4.78, 5) is 23.5. The molecule has 2 amide bonds. The van der Waals surface area contributed by atoms with Crippen molar-refractivity contribution < 1.29 is 9.59 Å². The Morgan fingerprint density at radius 1 is 1.19 bits per heavy atom. The van der Waals surface area contributed by atoms with Crippen LogP contribution in [-0.2, 0) is 4.79 Å². The normalized spacial score (nSPS) is 11.4. The van der Waals surface area contributed by atoms with Crippen LogP contribution in [0.3, 0.4) is 0 Å². The van der Waals surface area contributed by atoms with Gasteiger partial charge in [-0.1, -0.05) is 27.2 Å². The molecular formula is C16H23N3O2. The van der Waals surface area contributed by atoms with Crippen molar-refractivity contribution >= 4 is 23.2 Å². The van der Waals surface area contributed by atoms with Crippen LogP contribution in [0.5, 0.6) is 0 Å². The number of carbonyl (C=O) groups is 2. The van der Waals surface area contributed by atoms with Crippen molar-refractivity contribution in [1.82, 2.24) is 5.43 Å². The molecule has 5 nitrogen and oxygen atoms in total. The fourth-order valence-electron chi connectivity index (χ4n) is 1.62. The Hall–Kier alpha value is -2.17. The molecule has 0 saturated carbocycles. The van der Waals surface area contributed by atoms with Crippen LogP contribution in [0.2, 0.25) is 0 Å². The van der Waals surface area contributed by atoms with E-state index in [-0.39, 0.29) is 17.7 Å². The number of anilines is 1. The average molecular weight is 289 g/mol. The van der Waals surface area contributed by atoms with E-state index in [0.717, 1.165) is 18.6 Å². The van der Waals surface area contributed by atoms with Gasteiger partial charge in [0.25, 0.3) is 5.91 Å². The van der Waals surface area contributed by atoms with Gasteiger partial charge in [0.05, 0.1) is 0 Å². The standard InChI is InChI=1S/C16H23N3O2/c1-5-6-12(4)18-19-16(21)13-7-9-14(10-8-13)17-15(20)11(2)3/h7-11H,5-6H2,1-4H3,(H,17,20)(H,19,21)/b18-12+.